The molecule has 42 heavy (non-hydrogen) atoms. The molecular formula is C33H33N3O5S. The first-order valence-electron chi connectivity index (χ1n) is 13.9. The molecule has 0 aromatic heterocycles. The molecule has 0 radical (unpaired) electrons. The molecule has 0 aliphatic carbocycles. The first-order chi connectivity index (χ1) is 20.4. The molecule has 4 aromatic carbocycles. The van der Waals surface area contributed by atoms with E-state index in [0.717, 1.165) is 11.1 Å². The van der Waals surface area contributed by atoms with Crippen LogP contribution in [-0.2, 0) is 32.5 Å². The molecule has 2 amide bonds. The summed E-state index contributed by atoms with van der Waals surface area (Å²) in [5, 5.41) is 2.91. The van der Waals surface area contributed by atoms with Crippen molar-refractivity contribution in [2.75, 3.05) is 31.1 Å². The van der Waals surface area contributed by atoms with Crippen LogP contribution in [0.25, 0.3) is 0 Å². The van der Waals surface area contributed by atoms with Crippen molar-refractivity contribution in [3.63, 3.8) is 0 Å². The molecule has 216 valence electrons. The Bertz CT molecular complexity index is 1600. The second kappa shape index (κ2) is 13.5. The average Bonchev–Trinajstić information content (AvgIpc) is 3.03. The van der Waals surface area contributed by atoms with E-state index in [1.165, 1.54) is 21.3 Å². The number of hydrogen-bond donors (Lipinski definition) is 1. The molecule has 4 aromatic rings. The third-order valence-corrected chi connectivity index (χ3v) is 8.97. The number of nitrogens with zero attached hydrogens (tertiary/aromatic N) is 2. The molecule has 1 aliphatic rings. The van der Waals surface area contributed by atoms with Gasteiger partial charge in [0.15, 0.2) is 6.10 Å². The predicted molar refractivity (Wildman–Crippen MR) is 162 cm³/mol. The summed E-state index contributed by atoms with van der Waals surface area (Å²) in [6.45, 7) is 0.106. The topological polar surface area (TPSA) is 96.0 Å². The molecule has 0 fully saturated rings. The van der Waals surface area contributed by atoms with Crippen molar-refractivity contribution in [1.82, 2.24) is 9.62 Å². The Morgan fingerprint density at radius 1 is 0.786 bits per heavy atom. The number of anilines is 1. The van der Waals surface area contributed by atoms with Crippen molar-refractivity contribution in [2.45, 2.75) is 23.8 Å². The van der Waals surface area contributed by atoms with Gasteiger partial charge in [-0.1, -0.05) is 91.0 Å². The summed E-state index contributed by atoms with van der Waals surface area (Å²) in [7, 11) is -3.98. The molecule has 1 aliphatic heterocycles. The van der Waals surface area contributed by atoms with E-state index in [9.17, 15) is 18.0 Å². The van der Waals surface area contributed by atoms with E-state index < -0.39 is 22.0 Å². The number of ether oxygens (including phenoxy) is 1. The molecule has 0 bridgehead atoms. The third-order valence-electron chi connectivity index (χ3n) is 7.11. The molecule has 8 nitrogen and oxygen atoms in total. The van der Waals surface area contributed by atoms with Gasteiger partial charge in [-0.3, -0.25) is 9.59 Å². The van der Waals surface area contributed by atoms with E-state index in [1.807, 2.05) is 60.7 Å². The smallest absolute Gasteiger partial charge is 0.262 e. The van der Waals surface area contributed by atoms with Crippen molar-refractivity contribution in [3.8, 4) is 5.75 Å². The first-order valence-corrected chi connectivity index (χ1v) is 15.3. The molecule has 1 heterocycles. The predicted octanol–water partition coefficient (Wildman–Crippen LogP) is 4.07. The Morgan fingerprint density at radius 3 is 2.02 bits per heavy atom. The molecule has 1 N–H and O–H groups in total. The number of benzene rings is 4. The standard InChI is InChI=1S/C33H33N3O5S/c37-32(25-35(23-21-27-14-6-2-7-15-27)42(39,40)28-16-8-3-9-17-28)36-24-31(41-30-19-11-10-18-29(30)36)33(38)34-22-20-26-12-4-1-5-13-26/h1-19,31H,20-25H2,(H,34,38). The van der Waals surface area contributed by atoms with Gasteiger partial charge in [-0.15, -0.1) is 0 Å². The summed E-state index contributed by atoms with van der Waals surface area (Å²) in [6.07, 6.45) is 0.154. The van der Waals surface area contributed by atoms with E-state index in [1.54, 1.807) is 42.5 Å². The largest absolute Gasteiger partial charge is 0.477 e. The minimum absolute atomic E-state index is 0.0368. The maximum atomic E-state index is 13.9. The highest BCUT2D eigenvalue weighted by molar-refractivity contribution is 7.89. The number of amides is 2. The third kappa shape index (κ3) is 7.05. The van der Waals surface area contributed by atoms with E-state index in [0.29, 0.717) is 30.8 Å². The van der Waals surface area contributed by atoms with E-state index in [4.69, 9.17) is 4.74 Å². The van der Waals surface area contributed by atoms with Gasteiger partial charge in [-0.2, -0.15) is 4.31 Å². The maximum Gasteiger partial charge on any atom is 0.262 e. The van der Waals surface area contributed by atoms with Gasteiger partial charge in [0.1, 0.15) is 5.75 Å². The van der Waals surface area contributed by atoms with Crippen molar-refractivity contribution < 1.29 is 22.7 Å². The number of hydrogen-bond acceptors (Lipinski definition) is 5. The second-order valence-corrected chi connectivity index (χ2v) is 11.9. The molecule has 5 rings (SSSR count). The van der Waals surface area contributed by atoms with Gasteiger partial charge in [-0.05, 0) is 48.2 Å². The van der Waals surface area contributed by atoms with Crippen LogP contribution in [0.3, 0.4) is 0 Å². The van der Waals surface area contributed by atoms with Gasteiger partial charge in [0, 0.05) is 13.1 Å². The number of para-hydroxylation sites is 2. The summed E-state index contributed by atoms with van der Waals surface area (Å²) >= 11 is 0. The van der Waals surface area contributed by atoms with E-state index in [2.05, 4.69) is 5.32 Å². The summed E-state index contributed by atoms with van der Waals surface area (Å²) in [5.41, 5.74) is 2.55. The van der Waals surface area contributed by atoms with Crippen LogP contribution in [0.15, 0.2) is 120 Å². The van der Waals surface area contributed by atoms with Gasteiger partial charge >= 0.3 is 0 Å². The van der Waals surface area contributed by atoms with E-state index in [-0.39, 0.29) is 30.4 Å². The van der Waals surface area contributed by atoms with Crippen LogP contribution in [0, 0.1) is 0 Å². The summed E-state index contributed by atoms with van der Waals surface area (Å²) in [4.78, 5) is 28.5. The van der Waals surface area contributed by atoms with Crippen LogP contribution in [0.2, 0.25) is 0 Å². The minimum atomic E-state index is -3.98. The lowest BCUT2D eigenvalue weighted by molar-refractivity contribution is -0.128. The average molecular weight is 584 g/mol. The van der Waals surface area contributed by atoms with Crippen molar-refractivity contribution in [2.24, 2.45) is 0 Å². The van der Waals surface area contributed by atoms with Crippen LogP contribution in [0.5, 0.6) is 5.75 Å². The van der Waals surface area contributed by atoms with Crippen LogP contribution in [0.1, 0.15) is 11.1 Å². The maximum absolute atomic E-state index is 13.9. The van der Waals surface area contributed by atoms with Crippen molar-refractivity contribution >= 4 is 27.5 Å². The van der Waals surface area contributed by atoms with E-state index >= 15 is 0 Å². The summed E-state index contributed by atoms with van der Waals surface area (Å²) in [6, 6.07) is 34.4. The SMILES string of the molecule is O=C(NCCc1ccccc1)C1CN(C(=O)CN(CCc2ccccc2)S(=O)(=O)c2ccccc2)c2ccccc2O1. The highest BCUT2D eigenvalue weighted by Crippen LogP contribution is 2.33. The minimum Gasteiger partial charge on any atom is -0.477 e. The van der Waals surface area contributed by atoms with Crippen LogP contribution in [0.4, 0.5) is 5.69 Å². The van der Waals surface area contributed by atoms with Crippen molar-refractivity contribution in [3.05, 3.63) is 126 Å². The summed E-state index contributed by atoms with van der Waals surface area (Å²) in [5.74, 6) is -0.390. The monoisotopic (exact) mass is 583 g/mol. The van der Waals surface area contributed by atoms with Crippen LogP contribution >= 0.6 is 0 Å². The zero-order chi connectivity index (χ0) is 29.4. The fraction of sp³-hybridized carbons (Fsp3) is 0.212. The normalized spacial score (nSPS) is 14.6. The second-order valence-electron chi connectivity index (χ2n) is 9.99. The number of carbonyl (C=O) groups excluding carboxylic acids is 2. The lowest BCUT2D eigenvalue weighted by Crippen LogP contribution is -2.53. The Hall–Kier alpha value is -4.47. The Kier molecular flexibility index (Phi) is 9.31. The lowest BCUT2D eigenvalue weighted by atomic mass is 10.1. The molecule has 0 saturated heterocycles. The zero-order valence-corrected chi connectivity index (χ0v) is 24.0. The highest BCUT2D eigenvalue weighted by Gasteiger charge is 2.36. The number of nitrogens with one attached hydrogen (secondary N) is 1. The number of carbonyl (C=O) groups is 2. The highest BCUT2D eigenvalue weighted by atomic mass is 32.2. The Balaban J connectivity index is 1.34. The van der Waals surface area contributed by atoms with Gasteiger partial charge in [-0.25, -0.2) is 8.42 Å². The van der Waals surface area contributed by atoms with Gasteiger partial charge in [0.2, 0.25) is 15.9 Å². The molecule has 1 unspecified atom stereocenters. The first kappa shape index (κ1) is 29.0. The lowest BCUT2D eigenvalue weighted by Gasteiger charge is -2.35. The summed E-state index contributed by atoms with van der Waals surface area (Å²) < 4.78 is 34.6. The zero-order valence-electron chi connectivity index (χ0n) is 23.1. The quantitative estimate of drug-likeness (QED) is 0.287. The Morgan fingerprint density at radius 2 is 1.36 bits per heavy atom. The van der Waals surface area contributed by atoms with Crippen LogP contribution in [-0.4, -0.2) is 56.8 Å². The molecule has 0 spiro atoms. The molecule has 9 heteroatoms. The molecule has 0 saturated carbocycles. The van der Waals surface area contributed by atoms with Crippen molar-refractivity contribution in [1.29, 1.82) is 0 Å². The fourth-order valence-corrected chi connectivity index (χ4v) is 6.27. The Labute approximate surface area is 246 Å². The molecule has 1 atom stereocenters. The fourth-order valence-electron chi connectivity index (χ4n) is 4.86. The number of rotatable bonds is 11. The van der Waals surface area contributed by atoms with Gasteiger partial charge < -0.3 is 15.0 Å². The van der Waals surface area contributed by atoms with Gasteiger partial charge in [0.25, 0.3) is 5.91 Å². The van der Waals surface area contributed by atoms with Crippen LogP contribution < -0.4 is 15.0 Å². The number of fused-ring (bicyclic) bond motifs is 1. The number of sulfonamides is 1. The van der Waals surface area contributed by atoms with Gasteiger partial charge in [0.05, 0.1) is 23.7 Å². The molecular weight excluding hydrogens is 550 g/mol.